The fourth-order valence-corrected chi connectivity index (χ4v) is 5.16. The Morgan fingerprint density at radius 2 is 1.74 bits per heavy atom. The normalized spacial score (nSPS) is 20.2. The van der Waals surface area contributed by atoms with Crippen LogP contribution in [-0.4, -0.2) is 102 Å². The standard InChI is InChI=1S/C27H38N6O2/c1-21(2)35-24-8-3-5-22(19-24)25-9-10-26(29-28-25)32-13-11-30(12-14-32)20-27(34)33-17-15-31(16-18-33)23-6-4-7-23/h3,5,8-10,19,21,23H,4,6-7,11-18,20H2,1-2H3. The second-order valence-corrected chi connectivity index (χ2v) is 10.2. The average molecular weight is 479 g/mol. The van der Waals surface area contributed by atoms with Crippen molar-refractivity contribution in [2.45, 2.75) is 45.3 Å². The summed E-state index contributed by atoms with van der Waals surface area (Å²) in [5, 5.41) is 8.97. The van der Waals surface area contributed by atoms with Gasteiger partial charge in [0.15, 0.2) is 5.82 Å². The van der Waals surface area contributed by atoms with Gasteiger partial charge in [0.1, 0.15) is 5.75 Å². The monoisotopic (exact) mass is 478 g/mol. The van der Waals surface area contributed by atoms with Crippen LogP contribution in [0.25, 0.3) is 11.3 Å². The highest BCUT2D eigenvalue weighted by Gasteiger charge is 2.30. The van der Waals surface area contributed by atoms with Gasteiger partial charge in [0.25, 0.3) is 0 Å². The first-order chi connectivity index (χ1) is 17.0. The van der Waals surface area contributed by atoms with E-state index in [0.29, 0.717) is 6.54 Å². The molecule has 0 atom stereocenters. The van der Waals surface area contributed by atoms with Crippen molar-refractivity contribution in [1.29, 1.82) is 0 Å². The first kappa shape index (κ1) is 24.0. The predicted molar refractivity (Wildman–Crippen MR) is 138 cm³/mol. The Labute approximate surface area is 208 Å². The Bertz CT molecular complexity index is 977. The molecule has 2 saturated heterocycles. The van der Waals surface area contributed by atoms with Gasteiger partial charge in [-0.05, 0) is 51.0 Å². The minimum absolute atomic E-state index is 0.134. The summed E-state index contributed by atoms with van der Waals surface area (Å²) in [7, 11) is 0. The molecule has 0 spiro atoms. The molecule has 2 aliphatic heterocycles. The molecular weight excluding hydrogens is 440 g/mol. The Hall–Kier alpha value is -2.71. The fourth-order valence-electron chi connectivity index (χ4n) is 5.16. The summed E-state index contributed by atoms with van der Waals surface area (Å²) < 4.78 is 5.80. The highest BCUT2D eigenvalue weighted by atomic mass is 16.5. The van der Waals surface area contributed by atoms with Crippen molar-refractivity contribution in [1.82, 2.24) is 24.9 Å². The third-order valence-electron chi connectivity index (χ3n) is 7.47. The number of carbonyl (C=O) groups excluding carboxylic acids is 1. The Kier molecular flexibility index (Phi) is 7.48. The molecule has 8 heteroatoms. The van der Waals surface area contributed by atoms with Gasteiger partial charge in [-0.2, -0.15) is 0 Å². The first-order valence-electron chi connectivity index (χ1n) is 13.1. The molecule has 1 aromatic carbocycles. The first-order valence-corrected chi connectivity index (χ1v) is 13.1. The van der Waals surface area contributed by atoms with Gasteiger partial charge >= 0.3 is 0 Å². The van der Waals surface area contributed by atoms with Gasteiger partial charge in [-0.3, -0.25) is 14.6 Å². The molecular formula is C27H38N6O2. The van der Waals surface area contributed by atoms with E-state index in [2.05, 4.69) is 29.8 Å². The van der Waals surface area contributed by atoms with Gasteiger partial charge in [0.05, 0.1) is 18.3 Å². The topological polar surface area (TPSA) is 65.0 Å². The van der Waals surface area contributed by atoms with Crippen LogP contribution in [0, 0.1) is 0 Å². The molecule has 1 aromatic heterocycles. The zero-order valence-corrected chi connectivity index (χ0v) is 21.1. The van der Waals surface area contributed by atoms with Crippen molar-refractivity contribution in [2.24, 2.45) is 0 Å². The molecule has 1 saturated carbocycles. The number of benzene rings is 1. The quantitative estimate of drug-likeness (QED) is 0.606. The summed E-state index contributed by atoms with van der Waals surface area (Å²) in [6, 6.07) is 12.8. The van der Waals surface area contributed by atoms with Crippen molar-refractivity contribution in [3.63, 3.8) is 0 Å². The zero-order valence-electron chi connectivity index (χ0n) is 21.1. The lowest BCUT2D eigenvalue weighted by Gasteiger charge is -2.43. The van der Waals surface area contributed by atoms with E-state index in [0.717, 1.165) is 81.2 Å². The third-order valence-corrected chi connectivity index (χ3v) is 7.47. The number of ether oxygens (including phenoxy) is 1. The zero-order chi connectivity index (χ0) is 24.2. The van der Waals surface area contributed by atoms with Crippen LogP contribution in [0.15, 0.2) is 36.4 Å². The summed E-state index contributed by atoms with van der Waals surface area (Å²) in [4.78, 5) is 22.0. The van der Waals surface area contributed by atoms with Gasteiger partial charge in [-0.1, -0.05) is 18.6 Å². The van der Waals surface area contributed by atoms with Gasteiger partial charge in [-0.25, -0.2) is 0 Å². The molecule has 1 amide bonds. The second-order valence-electron chi connectivity index (χ2n) is 10.2. The number of hydrogen-bond acceptors (Lipinski definition) is 7. The van der Waals surface area contributed by atoms with Crippen LogP contribution in [0.2, 0.25) is 0 Å². The van der Waals surface area contributed by atoms with Crippen LogP contribution in [-0.2, 0) is 4.79 Å². The van der Waals surface area contributed by atoms with E-state index in [9.17, 15) is 4.79 Å². The highest BCUT2D eigenvalue weighted by molar-refractivity contribution is 5.78. The number of piperazine rings is 2. The molecule has 35 heavy (non-hydrogen) atoms. The molecule has 0 N–H and O–H groups in total. The average Bonchev–Trinajstić information content (AvgIpc) is 2.84. The van der Waals surface area contributed by atoms with Crippen LogP contribution in [0.5, 0.6) is 5.75 Å². The molecule has 2 aromatic rings. The van der Waals surface area contributed by atoms with Crippen LogP contribution in [0.4, 0.5) is 5.82 Å². The molecule has 0 radical (unpaired) electrons. The predicted octanol–water partition coefficient (Wildman–Crippen LogP) is 2.75. The van der Waals surface area contributed by atoms with Gasteiger partial charge in [0, 0.05) is 64.0 Å². The maximum Gasteiger partial charge on any atom is 0.236 e. The Morgan fingerprint density at radius 3 is 2.37 bits per heavy atom. The molecule has 3 fully saturated rings. The molecule has 8 nitrogen and oxygen atoms in total. The van der Waals surface area contributed by atoms with Gasteiger partial charge in [-0.15, -0.1) is 10.2 Å². The fraction of sp³-hybridized carbons (Fsp3) is 0.593. The van der Waals surface area contributed by atoms with Crippen LogP contribution < -0.4 is 9.64 Å². The summed E-state index contributed by atoms with van der Waals surface area (Å²) >= 11 is 0. The number of amides is 1. The van der Waals surface area contributed by atoms with Crippen molar-refractivity contribution in [3.05, 3.63) is 36.4 Å². The lowest BCUT2D eigenvalue weighted by atomic mass is 9.91. The molecule has 0 bridgehead atoms. The van der Waals surface area contributed by atoms with Crippen molar-refractivity contribution in [2.75, 3.05) is 63.8 Å². The minimum atomic E-state index is 0.134. The van der Waals surface area contributed by atoms with E-state index >= 15 is 0 Å². The lowest BCUT2D eigenvalue weighted by molar-refractivity contribution is -0.134. The maximum absolute atomic E-state index is 12.9. The summed E-state index contributed by atoms with van der Waals surface area (Å²) in [6.07, 6.45) is 4.18. The number of carbonyl (C=O) groups is 1. The van der Waals surface area contributed by atoms with Crippen molar-refractivity contribution >= 4 is 11.7 Å². The van der Waals surface area contributed by atoms with Crippen LogP contribution in [0.3, 0.4) is 0 Å². The van der Waals surface area contributed by atoms with Crippen LogP contribution in [0.1, 0.15) is 33.1 Å². The van der Waals surface area contributed by atoms with E-state index in [1.807, 2.05) is 50.2 Å². The van der Waals surface area contributed by atoms with E-state index in [1.165, 1.54) is 19.3 Å². The van der Waals surface area contributed by atoms with Crippen molar-refractivity contribution < 1.29 is 9.53 Å². The maximum atomic E-state index is 12.9. The summed E-state index contributed by atoms with van der Waals surface area (Å²) in [6.45, 7) is 11.8. The van der Waals surface area contributed by atoms with Gasteiger partial charge < -0.3 is 14.5 Å². The highest BCUT2D eigenvalue weighted by Crippen LogP contribution is 2.26. The summed E-state index contributed by atoms with van der Waals surface area (Å²) in [5.74, 6) is 2.01. The largest absolute Gasteiger partial charge is 0.491 e. The lowest BCUT2D eigenvalue weighted by Crippen LogP contribution is -2.56. The molecule has 5 rings (SSSR count). The number of rotatable bonds is 7. The molecule has 188 valence electrons. The Balaban J connectivity index is 1.09. The molecule has 0 unspecified atom stereocenters. The van der Waals surface area contributed by atoms with Crippen molar-refractivity contribution in [3.8, 4) is 17.0 Å². The molecule has 3 heterocycles. The number of nitrogens with zero attached hydrogens (tertiary/aromatic N) is 6. The molecule has 3 aliphatic rings. The van der Waals surface area contributed by atoms with E-state index in [4.69, 9.17) is 4.74 Å². The van der Waals surface area contributed by atoms with Crippen LogP contribution >= 0.6 is 0 Å². The van der Waals surface area contributed by atoms with Gasteiger partial charge in [0.2, 0.25) is 5.91 Å². The van der Waals surface area contributed by atoms with E-state index in [-0.39, 0.29) is 12.0 Å². The Morgan fingerprint density at radius 1 is 0.971 bits per heavy atom. The van der Waals surface area contributed by atoms with E-state index in [1.54, 1.807) is 0 Å². The molecule has 1 aliphatic carbocycles. The SMILES string of the molecule is CC(C)Oc1cccc(-c2ccc(N3CCN(CC(=O)N4CCN(C5CCC5)CC4)CC3)nn2)c1. The summed E-state index contributed by atoms with van der Waals surface area (Å²) in [5.41, 5.74) is 1.84. The second kappa shape index (κ2) is 10.9. The number of hydrogen-bond donors (Lipinski definition) is 0. The third kappa shape index (κ3) is 5.93. The smallest absolute Gasteiger partial charge is 0.236 e. The van der Waals surface area contributed by atoms with E-state index < -0.39 is 0 Å². The number of anilines is 1. The minimum Gasteiger partial charge on any atom is -0.491 e. The number of aromatic nitrogens is 2.